The van der Waals surface area contributed by atoms with Gasteiger partial charge in [-0.2, -0.15) is 0 Å². The van der Waals surface area contributed by atoms with Crippen LogP contribution in [0.4, 0.5) is 0 Å². The molecule has 1 heterocycles. The lowest BCUT2D eigenvalue weighted by molar-refractivity contribution is 0.111. The van der Waals surface area contributed by atoms with Crippen molar-refractivity contribution in [1.82, 2.24) is 0 Å². The Bertz CT molecular complexity index is 402. The first-order chi connectivity index (χ1) is 7.02. The summed E-state index contributed by atoms with van der Waals surface area (Å²) < 4.78 is 10.5. The van der Waals surface area contributed by atoms with E-state index in [2.05, 4.69) is 20.8 Å². The molecular weight excluding hydrogens is 192 g/mol. The molecule has 0 amide bonds. The Morgan fingerprint density at radius 1 is 1.27 bits per heavy atom. The van der Waals surface area contributed by atoms with Crippen molar-refractivity contribution in [2.45, 2.75) is 26.2 Å². The van der Waals surface area contributed by atoms with E-state index in [1.807, 2.05) is 12.1 Å². The Balaban J connectivity index is 2.58. The highest BCUT2D eigenvalue weighted by Gasteiger charge is 2.23. The molecular formula is C12H14O3. The lowest BCUT2D eigenvalue weighted by atomic mass is 9.86. The Labute approximate surface area is 89.0 Å². The first-order valence-electron chi connectivity index (χ1n) is 4.91. The number of fused-ring (bicyclic) bond motifs is 1. The van der Waals surface area contributed by atoms with Crippen LogP contribution in [0.1, 0.15) is 36.7 Å². The van der Waals surface area contributed by atoms with Crippen LogP contribution in [0.3, 0.4) is 0 Å². The molecule has 3 heteroatoms. The van der Waals surface area contributed by atoms with Crippen molar-refractivity contribution in [2.24, 2.45) is 0 Å². The first kappa shape index (κ1) is 10.0. The number of benzene rings is 1. The van der Waals surface area contributed by atoms with Gasteiger partial charge >= 0.3 is 0 Å². The fraction of sp³-hybridized carbons (Fsp3) is 0.417. The molecule has 0 spiro atoms. The minimum atomic E-state index is -0.00125. The number of rotatable bonds is 1. The Morgan fingerprint density at radius 2 is 2.00 bits per heavy atom. The molecule has 3 nitrogen and oxygen atoms in total. The maximum absolute atomic E-state index is 10.9. The van der Waals surface area contributed by atoms with E-state index in [9.17, 15) is 4.79 Å². The molecule has 0 bridgehead atoms. The summed E-state index contributed by atoms with van der Waals surface area (Å²) in [5.74, 6) is 1.24. The molecule has 1 aliphatic heterocycles. The van der Waals surface area contributed by atoms with Gasteiger partial charge in [0, 0.05) is 0 Å². The molecule has 15 heavy (non-hydrogen) atoms. The van der Waals surface area contributed by atoms with Gasteiger partial charge in [-0.1, -0.05) is 20.8 Å². The van der Waals surface area contributed by atoms with Crippen LogP contribution in [-0.4, -0.2) is 13.1 Å². The van der Waals surface area contributed by atoms with E-state index in [4.69, 9.17) is 9.47 Å². The average molecular weight is 206 g/mol. The first-order valence-corrected chi connectivity index (χ1v) is 4.91. The van der Waals surface area contributed by atoms with Crippen LogP contribution in [0.2, 0.25) is 0 Å². The summed E-state index contributed by atoms with van der Waals surface area (Å²) in [5.41, 5.74) is 1.64. The second kappa shape index (κ2) is 3.26. The zero-order chi connectivity index (χ0) is 11.1. The molecule has 0 saturated heterocycles. The van der Waals surface area contributed by atoms with Crippen molar-refractivity contribution >= 4 is 6.29 Å². The van der Waals surface area contributed by atoms with E-state index in [0.717, 1.165) is 11.8 Å². The summed E-state index contributed by atoms with van der Waals surface area (Å²) in [6.45, 7) is 6.49. The third-order valence-electron chi connectivity index (χ3n) is 2.49. The highest BCUT2D eigenvalue weighted by Crippen LogP contribution is 2.39. The molecule has 0 aliphatic carbocycles. The quantitative estimate of drug-likeness (QED) is 0.662. The van der Waals surface area contributed by atoms with Gasteiger partial charge in [0.25, 0.3) is 0 Å². The zero-order valence-electron chi connectivity index (χ0n) is 9.16. The lowest BCUT2D eigenvalue weighted by Crippen LogP contribution is -2.11. The maximum Gasteiger partial charge on any atom is 0.231 e. The topological polar surface area (TPSA) is 35.5 Å². The number of carbonyl (C=O) groups excluding carboxylic acids is 1. The van der Waals surface area contributed by atoms with E-state index in [-0.39, 0.29) is 12.2 Å². The Morgan fingerprint density at radius 3 is 2.60 bits per heavy atom. The van der Waals surface area contributed by atoms with Crippen molar-refractivity contribution in [3.63, 3.8) is 0 Å². The third-order valence-corrected chi connectivity index (χ3v) is 2.49. The van der Waals surface area contributed by atoms with Crippen LogP contribution >= 0.6 is 0 Å². The molecule has 0 unspecified atom stereocenters. The predicted molar refractivity (Wildman–Crippen MR) is 56.7 cm³/mol. The highest BCUT2D eigenvalue weighted by molar-refractivity contribution is 5.82. The number of aldehydes is 1. The molecule has 1 aromatic carbocycles. The smallest absolute Gasteiger partial charge is 0.231 e. The average Bonchev–Trinajstić information content (AvgIpc) is 2.62. The standard InChI is InChI=1S/C12H14O3/c1-12(2,3)9-4-8(6-13)11-10(5-9)14-7-15-11/h4-6H,7H2,1-3H3. The van der Waals surface area contributed by atoms with Crippen LogP contribution in [0.15, 0.2) is 12.1 Å². The van der Waals surface area contributed by atoms with Gasteiger partial charge in [0.2, 0.25) is 6.79 Å². The number of carbonyl (C=O) groups is 1. The van der Waals surface area contributed by atoms with Gasteiger partial charge < -0.3 is 9.47 Å². The molecule has 1 aromatic rings. The summed E-state index contributed by atoms with van der Waals surface area (Å²) in [4.78, 5) is 10.9. The van der Waals surface area contributed by atoms with Crippen molar-refractivity contribution in [1.29, 1.82) is 0 Å². The molecule has 0 N–H and O–H groups in total. The maximum atomic E-state index is 10.9. The van der Waals surface area contributed by atoms with Crippen LogP contribution in [0.5, 0.6) is 11.5 Å². The molecule has 80 valence electrons. The van der Waals surface area contributed by atoms with Gasteiger partial charge in [0.15, 0.2) is 17.8 Å². The van der Waals surface area contributed by atoms with Gasteiger partial charge in [-0.3, -0.25) is 4.79 Å². The molecule has 0 aromatic heterocycles. The summed E-state index contributed by atoms with van der Waals surface area (Å²) >= 11 is 0. The minimum Gasteiger partial charge on any atom is -0.454 e. The van der Waals surface area contributed by atoms with Gasteiger partial charge in [-0.25, -0.2) is 0 Å². The van der Waals surface area contributed by atoms with E-state index < -0.39 is 0 Å². The minimum absolute atomic E-state index is 0.00125. The van der Waals surface area contributed by atoms with E-state index in [0.29, 0.717) is 17.1 Å². The fourth-order valence-electron chi connectivity index (χ4n) is 1.56. The number of hydrogen-bond donors (Lipinski definition) is 0. The van der Waals surface area contributed by atoms with Crippen LogP contribution in [-0.2, 0) is 5.41 Å². The van der Waals surface area contributed by atoms with Crippen molar-refractivity contribution < 1.29 is 14.3 Å². The summed E-state index contributed by atoms with van der Waals surface area (Å²) in [5, 5.41) is 0. The van der Waals surface area contributed by atoms with Gasteiger partial charge in [-0.05, 0) is 23.1 Å². The van der Waals surface area contributed by atoms with E-state index in [1.54, 1.807) is 0 Å². The zero-order valence-corrected chi connectivity index (χ0v) is 9.16. The van der Waals surface area contributed by atoms with Crippen LogP contribution in [0, 0.1) is 0 Å². The van der Waals surface area contributed by atoms with Crippen molar-refractivity contribution in [3.05, 3.63) is 23.3 Å². The van der Waals surface area contributed by atoms with Gasteiger partial charge in [0.1, 0.15) is 0 Å². The normalized spacial score (nSPS) is 14.1. The second-order valence-electron chi connectivity index (χ2n) is 4.67. The Kier molecular flexibility index (Phi) is 2.18. The summed E-state index contributed by atoms with van der Waals surface area (Å²) in [7, 11) is 0. The van der Waals surface area contributed by atoms with Gasteiger partial charge in [0.05, 0.1) is 5.56 Å². The summed E-state index contributed by atoms with van der Waals surface area (Å²) in [6.07, 6.45) is 0.808. The van der Waals surface area contributed by atoms with Crippen molar-refractivity contribution in [2.75, 3.05) is 6.79 Å². The van der Waals surface area contributed by atoms with Crippen LogP contribution in [0.25, 0.3) is 0 Å². The van der Waals surface area contributed by atoms with E-state index >= 15 is 0 Å². The summed E-state index contributed by atoms with van der Waals surface area (Å²) in [6, 6.07) is 3.80. The largest absolute Gasteiger partial charge is 0.454 e. The molecule has 0 saturated carbocycles. The Hall–Kier alpha value is -1.51. The highest BCUT2D eigenvalue weighted by atomic mass is 16.7. The molecule has 0 atom stereocenters. The lowest BCUT2D eigenvalue weighted by Gasteiger charge is -2.19. The number of hydrogen-bond acceptors (Lipinski definition) is 3. The second-order valence-corrected chi connectivity index (χ2v) is 4.67. The van der Waals surface area contributed by atoms with Crippen LogP contribution < -0.4 is 9.47 Å². The molecule has 1 aliphatic rings. The SMILES string of the molecule is CC(C)(C)c1cc(C=O)c2c(c1)OCO2. The third kappa shape index (κ3) is 1.69. The monoisotopic (exact) mass is 206 g/mol. The molecule has 0 radical (unpaired) electrons. The number of ether oxygens (including phenoxy) is 2. The molecule has 0 fully saturated rings. The van der Waals surface area contributed by atoms with Crippen molar-refractivity contribution in [3.8, 4) is 11.5 Å². The fourth-order valence-corrected chi connectivity index (χ4v) is 1.56. The van der Waals surface area contributed by atoms with Gasteiger partial charge in [-0.15, -0.1) is 0 Å². The molecule has 2 rings (SSSR count). The van der Waals surface area contributed by atoms with E-state index in [1.165, 1.54) is 0 Å². The predicted octanol–water partition coefficient (Wildman–Crippen LogP) is 2.53.